The average molecular weight is 570 g/mol. The van der Waals surface area contributed by atoms with Gasteiger partial charge in [0.2, 0.25) is 0 Å². The predicted molar refractivity (Wildman–Crippen MR) is 161 cm³/mol. The van der Waals surface area contributed by atoms with E-state index in [-0.39, 0.29) is 29.9 Å². The fraction of sp³-hybridized carbons (Fsp3) is 0.562. The van der Waals surface area contributed by atoms with Crippen LogP contribution in [-0.2, 0) is 9.47 Å². The van der Waals surface area contributed by atoms with Gasteiger partial charge in [0.25, 0.3) is 5.91 Å². The number of amides is 2. The molecule has 1 heterocycles. The fourth-order valence-electron chi connectivity index (χ4n) is 4.91. The Labute approximate surface area is 245 Å². The lowest BCUT2D eigenvalue weighted by Gasteiger charge is -2.32. The lowest BCUT2D eigenvalue weighted by molar-refractivity contribution is 0.0282. The van der Waals surface area contributed by atoms with Crippen molar-refractivity contribution >= 4 is 17.7 Å². The number of hydrogen-bond acceptors (Lipinski definition) is 7. The first-order chi connectivity index (χ1) is 19.5. The molecule has 3 rings (SSSR count). The number of benzene rings is 2. The highest BCUT2D eigenvalue weighted by Gasteiger charge is 2.39. The fourth-order valence-corrected chi connectivity index (χ4v) is 4.91. The van der Waals surface area contributed by atoms with Crippen LogP contribution in [-0.4, -0.2) is 87.1 Å². The Balaban J connectivity index is 1.79. The Kier molecular flexibility index (Phi) is 11.7. The van der Waals surface area contributed by atoms with E-state index in [1.165, 1.54) is 0 Å². The second kappa shape index (κ2) is 15.0. The average Bonchev–Trinajstić information content (AvgIpc) is 3.35. The van der Waals surface area contributed by atoms with Gasteiger partial charge in [-0.2, -0.15) is 0 Å². The van der Waals surface area contributed by atoms with Crippen LogP contribution in [0.15, 0.2) is 48.5 Å². The summed E-state index contributed by atoms with van der Waals surface area (Å²) in [4.78, 5) is 30.5. The molecule has 1 fully saturated rings. The van der Waals surface area contributed by atoms with Gasteiger partial charge in [-0.3, -0.25) is 4.79 Å². The lowest BCUT2D eigenvalue weighted by atomic mass is 9.94. The van der Waals surface area contributed by atoms with Crippen molar-refractivity contribution in [2.24, 2.45) is 11.8 Å². The zero-order valence-electron chi connectivity index (χ0n) is 25.6. The van der Waals surface area contributed by atoms with Gasteiger partial charge in [0, 0.05) is 75.4 Å². The van der Waals surface area contributed by atoms with Crippen molar-refractivity contribution < 1.29 is 28.5 Å². The molecule has 226 valence electrons. The molecular weight excluding hydrogens is 522 g/mol. The number of methoxy groups -OCH3 is 2. The van der Waals surface area contributed by atoms with Crippen LogP contribution in [0.4, 0.5) is 10.5 Å². The molecule has 0 bridgehead atoms. The van der Waals surface area contributed by atoms with E-state index in [1.54, 1.807) is 37.3 Å². The molecule has 0 spiro atoms. The highest BCUT2D eigenvalue weighted by Crippen LogP contribution is 2.31. The van der Waals surface area contributed by atoms with Gasteiger partial charge in [-0.25, -0.2) is 4.79 Å². The van der Waals surface area contributed by atoms with Crippen molar-refractivity contribution in [3.8, 4) is 11.5 Å². The molecule has 2 aromatic rings. The molecule has 0 aliphatic carbocycles. The third-order valence-corrected chi connectivity index (χ3v) is 7.05. The molecule has 0 saturated carbocycles. The molecule has 0 unspecified atom stereocenters. The molecule has 41 heavy (non-hydrogen) atoms. The summed E-state index contributed by atoms with van der Waals surface area (Å²) in [5.41, 5.74) is 0.974. The number of para-hydroxylation sites is 1. The topological polar surface area (TPSA) is 89.6 Å². The van der Waals surface area contributed by atoms with E-state index in [9.17, 15) is 9.59 Å². The predicted octanol–water partition coefficient (Wildman–Crippen LogP) is 5.56. The van der Waals surface area contributed by atoms with E-state index in [1.807, 2.05) is 69.9 Å². The number of carbonyl (C=O) groups excluding carboxylic acids is 2. The van der Waals surface area contributed by atoms with Crippen molar-refractivity contribution in [3.63, 3.8) is 0 Å². The van der Waals surface area contributed by atoms with E-state index in [4.69, 9.17) is 18.9 Å². The molecule has 0 aromatic heterocycles. The monoisotopic (exact) mass is 569 g/mol. The number of carbonyl (C=O) groups is 2. The van der Waals surface area contributed by atoms with Crippen LogP contribution in [0.3, 0.4) is 0 Å². The molecule has 2 aromatic carbocycles. The first kappa shape index (κ1) is 32.1. The zero-order valence-corrected chi connectivity index (χ0v) is 25.6. The van der Waals surface area contributed by atoms with Gasteiger partial charge in [0.15, 0.2) is 11.5 Å². The summed E-state index contributed by atoms with van der Waals surface area (Å²) in [5, 5.41) is 3.51. The minimum atomic E-state index is -0.579. The smallest absolute Gasteiger partial charge is 0.410 e. The van der Waals surface area contributed by atoms with Crippen molar-refractivity contribution in [1.82, 2.24) is 9.80 Å². The SMILES string of the molecule is COCCCOc1cc(C(=O)N(C[C@@H]2CN(C(=O)OC(C)(C)C)C[C@H]2CNc2ccccc2)C(C)C)ccc1OC. The number of nitrogens with one attached hydrogen (secondary N) is 1. The largest absolute Gasteiger partial charge is 0.493 e. The van der Waals surface area contributed by atoms with Crippen LogP contribution in [0.2, 0.25) is 0 Å². The summed E-state index contributed by atoms with van der Waals surface area (Å²) in [6, 6.07) is 15.3. The molecule has 2 amide bonds. The van der Waals surface area contributed by atoms with Crippen molar-refractivity contribution in [2.75, 3.05) is 58.9 Å². The van der Waals surface area contributed by atoms with Crippen molar-refractivity contribution in [1.29, 1.82) is 0 Å². The Morgan fingerprint density at radius 2 is 1.71 bits per heavy atom. The second-order valence-electron chi connectivity index (χ2n) is 11.8. The van der Waals surface area contributed by atoms with Crippen molar-refractivity contribution in [3.05, 3.63) is 54.1 Å². The molecular formula is C32H47N3O6. The van der Waals surface area contributed by atoms with Gasteiger partial charge < -0.3 is 34.1 Å². The third-order valence-electron chi connectivity index (χ3n) is 7.05. The van der Waals surface area contributed by atoms with Crippen molar-refractivity contribution in [2.45, 2.75) is 52.7 Å². The maximum Gasteiger partial charge on any atom is 0.410 e. The molecule has 1 aliphatic heterocycles. The summed E-state index contributed by atoms with van der Waals surface area (Å²) < 4.78 is 22.2. The number of likely N-dealkylation sites (tertiary alicyclic amines) is 1. The maximum absolute atomic E-state index is 13.9. The van der Waals surface area contributed by atoms with E-state index in [0.29, 0.717) is 56.5 Å². The zero-order chi connectivity index (χ0) is 30.0. The first-order valence-corrected chi connectivity index (χ1v) is 14.4. The summed E-state index contributed by atoms with van der Waals surface area (Å²) in [6.07, 6.45) is 0.405. The van der Waals surface area contributed by atoms with Gasteiger partial charge >= 0.3 is 6.09 Å². The van der Waals surface area contributed by atoms with Gasteiger partial charge in [-0.1, -0.05) is 18.2 Å². The third kappa shape index (κ3) is 9.56. The Morgan fingerprint density at radius 1 is 1.00 bits per heavy atom. The molecule has 1 saturated heterocycles. The molecule has 9 heteroatoms. The molecule has 1 N–H and O–H groups in total. The highest BCUT2D eigenvalue weighted by atomic mass is 16.6. The Morgan fingerprint density at radius 3 is 2.34 bits per heavy atom. The summed E-state index contributed by atoms with van der Waals surface area (Å²) >= 11 is 0. The second-order valence-corrected chi connectivity index (χ2v) is 11.8. The van der Waals surface area contributed by atoms with E-state index >= 15 is 0 Å². The van der Waals surface area contributed by atoms with E-state index in [0.717, 1.165) is 12.1 Å². The van der Waals surface area contributed by atoms with Crippen LogP contribution < -0.4 is 14.8 Å². The van der Waals surface area contributed by atoms with Crippen LogP contribution in [0, 0.1) is 11.8 Å². The molecule has 2 atom stereocenters. The molecule has 9 nitrogen and oxygen atoms in total. The summed E-state index contributed by atoms with van der Waals surface area (Å²) in [7, 11) is 3.24. The normalized spacial score (nSPS) is 16.9. The molecule has 1 aliphatic rings. The quantitative estimate of drug-likeness (QED) is 0.316. The van der Waals surface area contributed by atoms with Gasteiger partial charge in [-0.15, -0.1) is 0 Å². The number of hydrogen-bond donors (Lipinski definition) is 1. The van der Waals surface area contributed by atoms with Gasteiger partial charge in [0.05, 0.1) is 13.7 Å². The standard InChI is InChI=1S/C32H47N3O6/c1-23(2)35(30(36)24-14-15-28(39-7)29(18-24)40-17-11-16-38-6)22-26-21-34(31(37)41-32(3,4)5)20-25(26)19-33-27-12-9-8-10-13-27/h8-10,12-15,18,23,25-26,33H,11,16-17,19-22H2,1-7H3/t25-,26+/m1/s1. The number of anilines is 1. The van der Waals surface area contributed by atoms with Crippen LogP contribution >= 0.6 is 0 Å². The Hall–Kier alpha value is -3.46. The highest BCUT2D eigenvalue weighted by molar-refractivity contribution is 5.95. The van der Waals surface area contributed by atoms with E-state index in [2.05, 4.69) is 5.32 Å². The van der Waals surface area contributed by atoms with Crippen LogP contribution in [0.5, 0.6) is 11.5 Å². The number of ether oxygens (including phenoxy) is 4. The minimum Gasteiger partial charge on any atom is -0.493 e. The lowest BCUT2D eigenvalue weighted by Crippen LogP contribution is -2.43. The number of rotatable bonds is 13. The number of nitrogens with zero attached hydrogens (tertiary/aromatic N) is 2. The first-order valence-electron chi connectivity index (χ1n) is 14.4. The van der Waals surface area contributed by atoms with Gasteiger partial charge in [0.1, 0.15) is 5.60 Å². The maximum atomic E-state index is 13.9. The Bertz CT molecular complexity index is 1120. The van der Waals surface area contributed by atoms with Crippen LogP contribution in [0.25, 0.3) is 0 Å². The van der Waals surface area contributed by atoms with Crippen LogP contribution in [0.1, 0.15) is 51.4 Å². The summed E-state index contributed by atoms with van der Waals surface area (Å²) in [6.45, 7) is 12.9. The summed E-state index contributed by atoms with van der Waals surface area (Å²) in [5.74, 6) is 1.21. The molecule has 0 radical (unpaired) electrons. The minimum absolute atomic E-state index is 0.0472. The van der Waals surface area contributed by atoms with Gasteiger partial charge in [-0.05, 0) is 65.0 Å². The van der Waals surface area contributed by atoms with E-state index < -0.39 is 5.60 Å².